The van der Waals surface area contributed by atoms with Gasteiger partial charge in [-0.05, 0) is 19.8 Å². The Kier molecular flexibility index (Phi) is 4.52. The highest BCUT2D eigenvalue weighted by molar-refractivity contribution is 5.40. The molecule has 0 saturated heterocycles. The fourth-order valence-corrected chi connectivity index (χ4v) is 2.26. The summed E-state index contributed by atoms with van der Waals surface area (Å²) >= 11 is 0. The normalized spacial score (nSPS) is 16.3. The van der Waals surface area contributed by atoms with Gasteiger partial charge in [0.2, 0.25) is 0 Å². The van der Waals surface area contributed by atoms with E-state index in [1.165, 1.54) is 12.8 Å². The Morgan fingerprint density at radius 1 is 1.44 bits per heavy atom. The van der Waals surface area contributed by atoms with Crippen molar-refractivity contribution in [2.24, 2.45) is 0 Å². The van der Waals surface area contributed by atoms with Crippen LogP contribution in [0.4, 0.5) is 0 Å². The summed E-state index contributed by atoms with van der Waals surface area (Å²) in [6, 6.07) is 0. The predicted octanol–water partition coefficient (Wildman–Crippen LogP) is 1.55. The maximum absolute atomic E-state index is 9.93. The van der Waals surface area contributed by atoms with Gasteiger partial charge in [-0.3, -0.25) is 9.82 Å². The van der Waals surface area contributed by atoms with Crippen molar-refractivity contribution in [3.63, 3.8) is 0 Å². The van der Waals surface area contributed by atoms with Crippen molar-refractivity contribution in [3.05, 3.63) is 23.0 Å². The molecule has 0 bridgehead atoms. The summed E-state index contributed by atoms with van der Waals surface area (Å²) in [7, 11) is 0. The topological polar surface area (TPSA) is 74.6 Å². The van der Waals surface area contributed by atoms with Crippen LogP contribution in [0.3, 0.4) is 0 Å². The molecule has 0 unspecified atom stereocenters. The molecule has 1 heterocycles. The molecule has 1 fully saturated rings. The van der Waals surface area contributed by atoms with Crippen LogP contribution in [0.25, 0.3) is 0 Å². The van der Waals surface area contributed by atoms with Gasteiger partial charge in [0.15, 0.2) is 0 Å². The lowest BCUT2D eigenvalue weighted by atomic mass is 10.1. The van der Waals surface area contributed by atoms with Crippen LogP contribution in [-0.4, -0.2) is 21.3 Å². The zero-order chi connectivity index (χ0) is 13.0. The van der Waals surface area contributed by atoms with E-state index in [1.807, 2.05) is 0 Å². The smallest absolute Gasteiger partial charge is 0.141 e. The molecule has 1 aliphatic carbocycles. The molecule has 1 aliphatic rings. The standard InChI is InChI=1S/C13H20N2O3/c1-9-13(17)12(10(8-16)6-14-9)7-15-18-11-4-2-3-5-11/h6,11,15-17H,2-5,7-8H2,1H3. The molecule has 0 aliphatic heterocycles. The Morgan fingerprint density at radius 3 is 2.83 bits per heavy atom. The highest BCUT2D eigenvalue weighted by Gasteiger charge is 2.16. The summed E-state index contributed by atoms with van der Waals surface area (Å²) in [5, 5.41) is 19.2. The summed E-state index contributed by atoms with van der Waals surface area (Å²) in [5.74, 6) is 0.129. The molecule has 18 heavy (non-hydrogen) atoms. The van der Waals surface area contributed by atoms with Gasteiger partial charge < -0.3 is 10.2 Å². The van der Waals surface area contributed by atoms with E-state index in [-0.39, 0.29) is 18.5 Å². The molecule has 0 amide bonds. The molecular weight excluding hydrogens is 232 g/mol. The van der Waals surface area contributed by atoms with E-state index in [4.69, 9.17) is 4.84 Å². The van der Waals surface area contributed by atoms with E-state index < -0.39 is 0 Å². The number of aryl methyl sites for hydroxylation is 1. The number of pyridine rings is 1. The van der Waals surface area contributed by atoms with Crippen LogP contribution in [0.2, 0.25) is 0 Å². The minimum Gasteiger partial charge on any atom is -0.506 e. The van der Waals surface area contributed by atoms with Crippen molar-refractivity contribution in [1.29, 1.82) is 0 Å². The van der Waals surface area contributed by atoms with E-state index >= 15 is 0 Å². The van der Waals surface area contributed by atoms with Crippen molar-refractivity contribution in [2.45, 2.75) is 51.9 Å². The summed E-state index contributed by atoms with van der Waals surface area (Å²) < 4.78 is 0. The molecule has 0 atom stereocenters. The second-order valence-electron chi connectivity index (χ2n) is 4.70. The number of hydrogen-bond acceptors (Lipinski definition) is 5. The van der Waals surface area contributed by atoms with Gasteiger partial charge in [0.05, 0.1) is 24.9 Å². The van der Waals surface area contributed by atoms with E-state index in [1.54, 1.807) is 13.1 Å². The second-order valence-corrected chi connectivity index (χ2v) is 4.70. The van der Waals surface area contributed by atoms with Crippen molar-refractivity contribution in [1.82, 2.24) is 10.5 Å². The Hall–Kier alpha value is -1.17. The maximum Gasteiger partial charge on any atom is 0.141 e. The number of aliphatic hydroxyl groups is 1. The first-order valence-electron chi connectivity index (χ1n) is 6.38. The fourth-order valence-electron chi connectivity index (χ4n) is 2.26. The van der Waals surface area contributed by atoms with Gasteiger partial charge in [0.1, 0.15) is 5.75 Å². The number of nitrogens with one attached hydrogen (secondary N) is 1. The molecule has 1 aromatic rings. The minimum atomic E-state index is -0.138. The third kappa shape index (κ3) is 2.98. The van der Waals surface area contributed by atoms with Gasteiger partial charge in [-0.2, -0.15) is 5.48 Å². The van der Waals surface area contributed by atoms with Gasteiger partial charge in [-0.1, -0.05) is 12.8 Å². The van der Waals surface area contributed by atoms with E-state index in [0.717, 1.165) is 12.8 Å². The van der Waals surface area contributed by atoms with Gasteiger partial charge in [0.25, 0.3) is 0 Å². The van der Waals surface area contributed by atoms with Crippen molar-refractivity contribution >= 4 is 0 Å². The molecule has 0 radical (unpaired) electrons. The first-order valence-corrected chi connectivity index (χ1v) is 6.38. The largest absolute Gasteiger partial charge is 0.506 e. The number of nitrogens with zero attached hydrogens (tertiary/aromatic N) is 1. The molecule has 0 spiro atoms. The molecule has 0 aromatic carbocycles. The van der Waals surface area contributed by atoms with Crippen LogP contribution in [0, 0.1) is 6.92 Å². The molecule has 3 N–H and O–H groups in total. The summed E-state index contributed by atoms with van der Waals surface area (Å²) in [5.41, 5.74) is 4.73. The van der Waals surface area contributed by atoms with Gasteiger partial charge in [-0.25, -0.2) is 0 Å². The molecule has 5 heteroatoms. The third-order valence-electron chi connectivity index (χ3n) is 3.40. The number of hydrogen-bond donors (Lipinski definition) is 3. The zero-order valence-corrected chi connectivity index (χ0v) is 10.6. The van der Waals surface area contributed by atoms with Gasteiger partial charge in [0, 0.05) is 17.3 Å². The zero-order valence-electron chi connectivity index (χ0n) is 10.6. The predicted molar refractivity (Wildman–Crippen MR) is 66.7 cm³/mol. The summed E-state index contributed by atoms with van der Waals surface area (Å²) in [6.45, 7) is 1.97. The molecule has 2 rings (SSSR count). The van der Waals surface area contributed by atoms with E-state index in [0.29, 0.717) is 23.4 Å². The number of aromatic nitrogens is 1. The number of hydroxylamine groups is 1. The molecular formula is C13H20N2O3. The van der Waals surface area contributed by atoms with Crippen LogP contribution in [-0.2, 0) is 18.0 Å². The molecule has 1 aromatic heterocycles. The average Bonchev–Trinajstić information content (AvgIpc) is 2.88. The van der Waals surface area contributed by atoms with E-state index in [9.17, 15) is 10.2 Å². The van der Waals surface area contributed by atoms with Crippen LogP contribution >= 0.6 is 0 Å². The fraction of sp³-hybridized carbons (Fsp3) is 0.615. The number of aromatic hydroxyl groups is 1. The summed E-state index contributed by atoms with van der Waals surface area (Å²) in [4.78, 5) is 9.56. The Morgan fingerprint density at radius 2 is 2.17 bits per heavy atom. The van der Waals surface area contributed by atoms with Crippen molar-refractivity contribution in [2.75, 3.05) is 0 Å². The highest BCUT2D eigenvalue weighted by Crippen LogP contribution is 2.24. The van der Waals surface area contributed by atoms with Crippen LogP contribution < -0.4 is 5.48 Å². The lowest BCUT2D eigenvalue weighted by molar-refractivity contribution is -0.0248. The number of rotatable bonds is 5. The Balaban J connectivity index is 1.96. The minimum absolute atomic E-state index is 0.129. The Bertz CT molecular complexity index is 403. The van der Waals surface area contributed by atoms with Gasteiger partial charge in [-0.15, -0.1) is 0 Å². The average molecular weight is 252 g/mol. The third-order valence-corrected chi connectivity index (χ3v) is 3.40. The summed E-state index contributed by atoms with van der Waals surface area (Å²) in [6.07, 6.45) is 6.46. The number of aliphatic hydroxyl groups excluding tert-OH is 1. The van der Waals surface area contributed by atoms with Crippen molar-refractivity contribution < 1.29 is 15.1 Å². The lowest BCUT2D eigenvalue weighted by Crippen LogP contribution is -2.22. The molecule has 100 valence electrons. The highest BCUT2D eigenvalue weighted by atomic mass is 16.7. The monoisotopic (exact) mass is 252 g/mol. The first kappa shape index (κ1) is 13.3. The quantitative estimate of drug-likeness (QED) is 0.693. The maximum atomic E-state index is 9.93. The first-order chi connectivity index (χ1) is 8.72. The molecule has 5 nitrogen and oxygen atoms in total. The van der Waals surface area contributed by atoms with Gasteiger partial charge >= 0.3 is 0 Å². The van der Waals surface area contributed by atoms with Crippen molar-refractivity contribution in [3.8, 4) is 5.75 Å². The molecule has 1 saturated carbocycles. The van der Waals surface area contributed by atoms with Crippen LogP contribution in [0.1, 0.15) is 42.5 Å². The van der Waals surface area contributed by atoms with E-state index in [2.05, 4.69) is 10.5 Å². The second kappa shape index (κ2) is 6.13. The van der Waals surface area contributed by atoms with Crippen LogP contribution in [0.5, 0.6) is 5.75 Å². The Labute approximate surface area is 107 Å². The van der Waals surface area contributed by atoms with Crippen LogP contribution in [0.15, 0.2) is 6.20 Å². The lowest BCUT2D eigenvalue weighted by Gasteiger charge is -2.15. The SMILES string of the molecule is Cc1ncc(CO)c(CNOC2CCCC2)c1O.